The van der Waals surface area contributed by atoms with E-state index in [2.05, 4.69) is 55.6 Å². The highest BCUT2D eigenvalue weighted by Crippen LogP contribution is 2.17. The number of nitrogens with zero attached hydrogens (tertiary/aromatic N) is 2. The van der Waals surface area contributed by atoms with E-state index in [-0.39, 0.29) is 0 Å². The number of hydrogen-bond donors (Lipinski definition) is 0. The number of carbonyl (C=O) groups excluding carboxylic acids is 2. The number of rotatable bonds is 8. The van der Waals surface area contributed by atoms with Crippen LogP contribution in [0.2, 0.25) is 0 Å². The number of aliphatic carboxylic acids is 2. The van der Waals surface area contributed by atoms with Crippen LogP contribution >= 0.6 is 15.9 Å². The van der Waals surface area contributed by atoms with Crippen molar-refractivity contribution in [2.45, 2.75) is 46.1 Å². The summed E-state index contributed by atoms with van der Waals surface area (Å²) in [5.74, 6) is -4.77. The number of carbonyl (C=O) groups is 2. The summed E-state index contributed by atoms with van der Waals surface area (Å²) in [6.07, 6.45) is 0. The summed E-state index contributed by atoms with van der Waals surface area (Å²) in [5, 5.41) is 19.0. The second-order valence-corrected chi connectivity index (χ2v) is 7.38. The smallest absolute Gasteiger partial charge is 0.243 e. The summed E-state index contributed by atoms with van der Waals surface area (Å²) in [7, 11) is 4.58. The van der Waals surface area contributed by atoms with Crippen LogP contribution in [0.4, 0.5) is 4.39 Å². The average molecular weight is 431 g/mol. The lowest BCUT2D eigenvalue weighted by Gasteiger charge is -2.30. The Balaban J connectivity index is -0.000000291. The molecule has 0 aromatic carbocycles. The predicted octanol–water partition coefficient (Wildman–Crippen LogP) is 0.532. The van der Waals surface area contributed by atoms with Gasteiger partial charge in [-0.05, 0) is 57.5 Å². The number of quaternary nitrogens is 2. The first-order valence-electron chi connectivity index (χ1n) is 8.73. The van der Waals surface area contributed by atoms with Crippen molar-refractivity contribution in [3.05, 3.63) is 0 Å². The number of halogens is 2. The summed E-state index contributed by atoms with van der Waals surface area (Å²) in [6.45, 7) is 21.0. The zero-order valence-electron chi connectivity index (χ0n) is 17.0. The van der Waals surface area contributed by atoms with Gasteiger partial charge in [0.2, 0.25) is 4.58 Å². The summed E-state index contributed by atoms with van der Waals surface area (Å²) < 4.78 is 10.8. The van der Waals surface area contributed by atoms with E-state index in [1.54, 1.807) is 15.9 Å². The maximum atomic E-state index is 11.9. The van der Waals surface area contributed by atoms with Crippen LogP contribution in [0, 0.1) is 0 Å². The average Bonchev–Trinajstić information content (AvgIpc) is 2.61. The molecule has 0 aromatic rings. The second-order valence-electron chi connectivity index (χ2n) is 6.29. The van der Waals surface area contributed by atoms with Crippen LogP contribution in [-0.4, -0.2) is 78.8 Å². The molecule has 0 unspecified atom stereocenters. The number of carboxylic acids is 2. The molecule has 152 valence electrons. The van der Waals surface area contributed by atoms with Crippen LogP contribution in [-0.2, 0) is 9.59 Å². The van der Waals surface area contributed by atoms with Crippen molar-refractivity contribution in [3.8, 4) is 0 Å². The standard InChI is InChI=1S/2C7H18N.C3H2BrFO4/c2*1-5-8(4,6-2)7-3;4-3(5,1(6)7)2(8)9/h2*5-7H2,1-4H3;(H,6,7)(H,8,9)/q2*+1;/p-2. The molecule has 0 aromatic heterocycles. The highest BCUT2D eigenvalue weighted by molar-refractivity contribution is 9.10. The molecule has 0 rings (SSSR count). The molecule has 0 aliphatic carbocycles. The lowest BCUT2D eigenvalue weighted by Crippen LogP contribution is -2.52. The van der Waals surface area contributed by atoms with Gasteiger partial charge in [0.25, 0.3) is 0 Å². The van der Waals surface area contributed by atoms with Crippen LogP contribution in [0.25, 0.3) is 0 Å². The normalized spacial score (nSPS) is 11.6. The van der Waals surface area contributed by atoms with Gasteiger partial charge in [0.15, 0.2) is 0 Å². The molecule has 0 aliphatic heterocycles. The fraction of sp³-hybridized carbons (Fsp3) is 0.882. The largest absolute Gasteiger partial charge is 0.545 e. The Morgan fingerprint density at radius 3 is 0.920 bits per heavy atom. The fourth-order valence-corrected chi connectivity index (χ4v) is 1.42. The van der Waals surface area contributed by atoms with Gasteiger partial charge in [-0.25, -0.2) is 4.39 Å². The Kier molecular flexibility index (Phi) is 15.7. The van der Waals surface area contributed by atoms with Crippen molar-refractivity contribution >= 4 is 27.9 Å². The van der Waals surface area contributed by atoms with Gasteiger partial charge in [-0.1, -0.05) is 0 Å². The highest BCUT2D eigenvalue weighted by atomic mass is 79.9. The topological polar surface area (TPSA) is 80.3 Å². The van der Waals surface area contributed by atoms with E-state index in [9.17, 15) is 24.2 Å². The van der Waals surface area contributed by atoms with Crippen molar-refractivity contribution in [2.24, 2.45) is 0 Å². The van der Waals surface area contributed by atoms with Gasteiger partial charge in [0, 0.05) is 0 Å². The maximum absolute atomic E-state index is 11.9. The molecular weight excluding hydrogens is 395 g/mol. The molecular formula is C17H36BrFN2O4. The Bertz CT molecular complexity index is 334. The van der Waals surface area contributed by atoms with Gasteiger partial charge >= 0.3 is 0 Å². The Morgan fingerprint density at radius 2 is 0.920 bits per heavy atom. The third-order valence-corrected chi connectivity index (χ3v) is 5.74. The quantitative estimate of drug-likeness (QED) is 0.319. The first kappa shape index (κ1) is 29.0. The SMILES string of the molecule is CC[N+](C)(CC)CC.CC[N+](C)(CC)CC.O=C([O-])C(F)(Br)C(=O)[O-]. The Morgan fingerprint density at radius 1 is 0.760 bits per heavy atom. The van der Waals surface area contributed by atoms with Gasteiger partial charge in [0.1, 0.15) is 0 Å². The molecule has 0 atom stereocenters. The van der Waals surface area contributed by atoms with Crippen LogP contribution in [0.1, 0.15) is 41.5 Å². The molecule has 0 N–H and O–H groups in total. The Hall–Kier alpha value is -0.730. The van der Waals surface area contributed by atoms with E-state index in [0.29, 0.717) is 0 Å². The zero-order chi connectivity index (χ0) is 20.9. The molecule has 0 spiro atoms. The summed E-state index contributed by atoms with van der Waals surface area (Å²) in [6, 6.07) is 0. The minimum Gasteiger partial charge on any atom is -0.545 e. The molecule has 0 heterocycles. The number of carboxylic acid groups (broad SMARTS) is 2. The third kappa shape index (κ3) is 12.3. The van der Waals surface area contributed by atoms with E-state index >= 15 is 0 Å². The predicted molar refractivity (Wildman–Crippen MR) is 98.4 cm³/mol. The third-order valence-electron chi connectivity index (χ3n) is 5.09. The number of hydrogen-bond acceptors (Lipinski definition) is 4. The van der Waals surface area contributed by atoms with E-state index < -0.39 is 16.5 Å². The lowest BCUT2D eigenvalue weighted by molar-refractivity contribution is -0.904. The van der Waals surface area contributed by atoms with Crippen molar-refractivity contribution in [3.63, 3.8) is 0 Å². The highest BCUT2D eigenvalue weighted by Gasteiger charge is 2.29. The van der Waals surface area contributed by atoms with Crippen LogP contribution in [0.15, 0.2) is 0 Å². The van der Waals surface area contributed by atoms with E-state index in [1.165, 1.54) is 48.2 Å². The van der Waals surface area contributed by atoms with Crippen LogP contribution in [0.5, 0.6) is 0 Å². The molecule has 0 saturated heterocycles. The molecule has 0 radical (unpaired) electrons. The maximum Gasteiger partial charge on any atom is 0.243 e. The first-order chi connectivity index (χ1) is 11.3. The fourth-order valence-electron chi connectivity index (χ4n) is 1.42. The van der Waals surface area contributed by atoms with Crippen molar-refractivity contribution in [2.75, 3.05) is 53.4 Å². The van der Waals surface area contributed by atoms with E-state index in [1.807, 2.05) is 0 Å². The first-order valence-corrected chi connectivity index (χ1v) is 9.52. The molecule has 25 heavy (non-hydrogen) atoms. The van der Waals surface area contributed by atoms with E-state index in [0.717, 1.165) is 0 Å². The van der Waals surface area contributed by atoms with E-state index in [4.69, 9.17) is 0 Å². The molecule has 6 nitrogen and oxygen atoms in total. The lowest BCUT2D eigenvalue weighted by atomic mass is 10.4. The molecule has 0 amide bonds. The van der Waals surface area contributed by atoms with Crippen LogP contribution in [0.3, 0.4) is 0 Å². The van der Waals surface area contributed by atoms with Gasteiger partial charge in [-0.15, -0.1) is 0 Å². The minimum atomic E-state index is -3.58. The zero-order valence-corrected chi connectivity index (χ0v) is 18.6. The Labute approximate surface area is 160 Å². The second kappa shape index (κ2) is 13.5. The van der Waals surface area contributed by atoms with Gasteiger partial charge < -0.3 is 28.8 Å². The summed E-state index contributed by atoms with van der Waals surface area (Å²) in [5.41, 5.74) is 0. The van der Waals surface area contributed by atoms with Gasteiger partial charge in [0.05, 0.1) is 65.3 Å². The molecule has 0 bridgehead atoms. The summed E-state index contributed by atoms with van der Waals surface area (Å²) in [4.78, 5) is 19.0. The summed E-state index contributed by atoms with van der Waals surface area (Å²) >= 11 is 1.72. The molecule has 8 heteroatoms. The van der Waals surface area contributed by atoms with Crippen molar-refractivity contribution in [1.82, 2.24) is 0 Å². The minimum absolute atomic E-state index is 1.21. The molecule has 0 aliphatic rings. The molecule has 0 saturated carbocycles. The van der Waals surface area contributed by atoms with Gasteiger partial charge in [-0.3, -0.25) is 0 Å². The number of alkyl halides is 2. The monoisotopic (exact) mass is 430 g/mol. The van der Waals surface area contributed by atoms with Crippen LogP contribution < -0.4 is 10.2 Å². The molecule has 0 fully saturated rings. The van der Waals surface area contributed by atoms with Crippen molar-refractivity contribution in [1.29, 1.82) is 0 Å². The van der Waals surface area contributed by atoms with Gasteiger partial charge in [-0.2, -0.15) is 0 Å². The van der Waals surface area contributed by atoms with Crippen molar-refractivity contribution < 1.29 is 33.2 Å².